The van der Waals surface area contributed by atoms with E-state index in [0.717, 1.165) is 0 Å². The van der Waals surface area contributed by atoms with Gasteiger partial charge in [-0.05, 0) is 31.3 Å². The summed E-state index contributed by atoms with van der Waals surface area (Å²) < 4.78 is 0. The van der Waals surface area contributed by atoms with Gasteiger partial charge in [-0.25, -0.2) is 9.78 Å². The third-order valence-electron chi connectivity index (χ3n) is 4.96. The minimum absolute atomic E-state index is 0.0410. The molecule has 15 nitrogen and oxygen atoms in total. The van der Waals surface area contributed by atoms with Crippen LogP contribution in [0.3, 0.4) is 0 Å². The minimum Gasteiger partial charge on any atom is -0.480 e. The number of nitrogens with zero attached hydrogens (tertiary/aromatic N) is 2. The lowest BCUT2D eigenvalue weighted by molar-refractivity contribution is -0.142. The molecule has 0 aliphatic carbocycles. The summed E-state index contributed by atoms with van der Waals surface area (Å²) in [7, 11) is 0. The number of hydrogen-bond donors (Lipinski definition) is 9. The van der Waals surface area contributed by atoms with Gasteiger partial charge in [0.05, 0.1) is 19.0 Å². The summed E-state index contributed by atoms with van der Waals surface area (Å²) in [5.41, 5.74) is 16.8. The summed E-state index contributed by atoms with van der Waals surface area (Å²) in [4.78, 5) is 59.9. The average Bonchev–Trinajstić information content (AvgIpc) is 3.34. The van der Waals surface area contributed by atoms with Crippen molar-refractivity contribution in [2.75, 3.05) is 25.2 Å². The number of thioether (sulfide) groups is 1. The van der Waals surface area contributed by atoms with Crippen molar-refractivity contribution in [1.82, 2.24) is 25.9 Å². The monoisotopic (exact) mass is 529 g/mol. The number of carbonyl (C=O) groups excluding carboxylic acids is 3. The Balaban J connectivity index is 2.76. The zero-order chi connectivity index (χ0) is 27.1. The molecule has 0 fully saturated rings. The number of hydrogen-bond acceptors (Lipinski definition) is 9. The molecule has 0 aliphatic rings. The van der Waals surface area contributed by atoms with Gasteiger partial charge in [0.2, 0.25) is 17.7 Å². The van der Waals surface area contributed by atoms with E-state index < -0.39 is 54.5 Å². The smallest absolute Gasteiger partial charge is 0.326 e. The molecule has 0 spiro atoms. The lowest BCUT2D eigenvalue weighted by Crippen LogP contribution is -2.58. The number of aliphatic imine (C=N–C) groups is 1. The van der Waals surface area contributed by atoms with Gasteiger partial charge in [0.25, 0.3) is 0 Å². The lowest BCUT2D eigenvalue weighted by atomic mass is 10.1. The van der Waals surface area contributed by atoms with Crippen molar-refractivity contribution in [1.29, 1.82) is 0 Å². The Labute approximate surface area is 212 Å². The van der Waals surface area contributed by atoms with Crippen LogP contribution < -0.4 is 33.2 Å². The molecule has 1 rings (SSSR count). The molecule has 12 N–H and O–H groups in total. The van der Waals surface area contributed by atoms with Crippen molar-refractivity contribution >= 4 is 41.4 Å². The fourth-order valence-corrected chi connectivity index (χ4v) is 3.46. The van der Waals surface area contributed by atoms with Crippen molar-refractivity contribution in [3.8, 4) is 0 Å². The highest BCUT2D eigenvalue weighted by atomic mass is 32.2. The Kier molecular flexibility index (Phi) is 13.9. The van der Waals surface area contributed by atoms with Crippen LogP contribution in [-0.2, 0) is 25.6 Å². The molecule has 0 aliphatic heterocycles. The molecule has 1 aromatic heterocycles. The van der Waals surface area contributed by atoms with Crippen molar-refractivity contribution in [3.05, 3.63) is 18.2 Å². The first-order valence-electron chi connectivity index (χ1n) is 11.1. The molecule has 0 bridgehead atoms. The number of guanidine groups is 1. The van der Waals surface area contributed by atoms with Crippen LogP contribution in [0.1, 0.15) is 25.0 Å². The summed E-state index contributed by atoms with van der Waals surface area (Å²) in [5, 5.41) is 26.4. The topological polar surface area (TPSA) is 264 Å². The van der Waals surface area contributed by atoms with Crippen LogP contribution in [-0.4, -0.2) is 99.2 Å². The number of imidazole rings is 1. The van der Waals surface area contributed by atoms with Crippen LogP contribution in [0.5, 0.6) is 0 Å². The normalized spacial score (nSPS) is 14.1. The van der Waals surface area contributed by atoms with Crippen molar-refractivity contribution in [2.45, 2.75) is 49.9 Å². The molecule has 0 saturated carbocycles. The number of carboxylic acid groups (broad SMARTS) is 1. The highest BCUT2D eigenvalue weighted by Crippen LogP contribution is 2.05. The number of aromatic nitrogens is 2. The summed E-state index contributed by atoms with van der Waals surface area (Å²) in [6.07, 6.45) is 5.43. The van der Waals surface area contributed by atoms with E-state index in [4.69, 9.17) is 17.2 Å². The van der Waals surface area contributed by atoms with Crippen molar-refractivity contribution in [3.63, 3.8) is 0 Å². The Morgan fingerprint density at radius 3 is 2.28 bits per heavy atom. The van der Waals surface area contributed by atoms with Gasteiger partial charge < -0.3 is 48.3 Å². The van der Waals surface area contributed by atoms with Crippen LogP contribution in [0.4, 0.5) is 0 Å². The molecule has 1 aromatic rings. The third-order valence-corrected chi connectivity index (χ3v) is 5.60. The first-order valence-corrected chi connectivity index (χ1v) is 12.5. The number of nitrogens with two attached hydrogens (primary N) is 3. The van der Waals surface area contributed by atoms with Crippen LogP contribution in [0, 0.1) is 0 Å². The molecule has 16 heteroatoms. The Morgan fingerprint density at radius 2 is 1.72 bits per heavy atom. The number of aliphatic hydroxyl groups excluding tert-OH is 1. The fourth-order valence-electron chi connectivity index (χ4n) is 2.99. The summed E-state index contributed by atoms with van der Waals surface area (Å²) >= 11 is 1.42. The molecular formula is C20H35N9O6S. The highest BCUT2D eigenvalue weighted by molar-refractivity contribution is 7.98. The van der Waals surface area contributed by atoms with E-state index in [0.29, 0.717) is 17.9 Å². The lowest BCUT2D eigenvalue weighted by Gasteiger charge is -2.24. The Morgan fingerprint density at radius 1 is 1.08 bits per heavy atom. The van der Waals surface area contributed by atoms with Gasteiger partial charge in [-0.1, -0.05) is 0 Å². The Bertz CT molecular complexity index is 879. The standard InChI is InChI=1S/C20H35N9O6S/c1-36-6-4-13(17(32)28-14(19(34)35)7-11-8-24-10-26-11)27-18(33)15(9-30)29-16(31)12(21)3-2-5-25-20(22)23/h8,10,12-15,30H,2-7,9,21H2,1H3,(H,24,26)(H,27,33)(H,28,32)(H,29,31)(H,34,35)(H4,22,23,25). The van der Waals surface area contributed by atoms with E-state index in [9.17, 15) is 29.4 Å². The molecule has 0 saturated heterocycles. The number of carbonyl (C=O) groups is 4. The van der Waals surface area contributed by atoms with Crippen molar-refractivity contribution < 1.29 is 29.4 Å². The molecule has 4 unspecified atom stereocenters. The van der Waals surface area contributed by atoms with Gasteiger partial charge in [0.1, 0.15) is 18.1 Å². The molecule has 1 heterocycles. The van der Waals surface area contributed by atoms with Gasteiger partial charge in [0, 0.05) is 24.9 Å². The van der Waals surface area contributed by atoms with E-state index in [1.54, 1.807) is 6.26 Å². The number of aliphatic carboxylic acids is 1. The number of amides is 3. The second kappa shape index (κ2) is 16.3. The first-order chi connectivity index (χ1) is 17.1. The molecular weight excluding hydrogens is 494 g/mol. The van der Waals surface area contributed by atoms with Gasteiger partial charge in [-0.3, -0.25) is 19.4 Å². The van der Waals surface area contributed by atoms with Crippen LogP contribution in [0.15, 0.2) is 17.5 Å². The summed E-state index contributed by atoms with van der Waals surface area (Å²) in [6.45, 7) is -0.468. The Hall–Kier alpha value is -3.37. The van der Waals surface area contributed by atoms with E-state index in [-0.39, 0.29) is 31.8 Å². The number of rotatable bonds is 17. The zero-order valence-corrected chi connectivity index (χ0v) is 20.8. The number of aliphatic hydroxyl groups is 1. The second-order valence-electron chi connectivity index (χ2n) is 7.82. The summed E-state index contributed by atoms with van der Waals surface area (Å²) in [6, 6.07) is -4.72. The van der Waals surface area contributed by atoms with Gasteiger partial charge >= 0.3 is 5.97 Å². The maximum atomic E-state index is 12.8. The molecule has 3 amide bonds. The third kappa shape index (κ3) is 11.4. The maximum absolute atomic E-state index is 12.8. The van der Waals surface area contributed by atoms with Gasteiger partial charge in [-0.15, -0.1) is 0 Å². The van der Waals surface area contributed by atoms with Crippen molar-refractivity contribution in [2.24, 2.45) is 22.2 Å². The predicted molar refractivity (Wildman–Crippen MR) is 134 cm³/mol. The maximum Gasteiger partial charge on any atom is 0.326 e. The van der Waals surface area contributed by atoms with E-state index >= 15 is 0 Å². The molecule has 36 heavy (non-hydrogen) atoms. The molecule has 0 aromatic carbocycles. The van der Waals surface area contributed by atoms with Crippen LogP contribution in [0.25, 0.3) is 0 Å². The first kappa shape index (κ1) is 30.7. The van der Waals surface area contributed by atoms with Crippen LogP contribution >= 0.6 is 11.8 Å². The number of H-pyrrole nitrogens is 1. The van der Waals surface area contributed by atoms with E-state index in [1.807, 2.05) is 0 Å². The van der Waals surface area contributed by atoms with Gasteiger partial charge in [0.15, 0.2) is 5.96 Å². The zero-order valence-electron chi connectivity index (χ0n) is 20.0. The molecule has 202 valence electrons. The molecule has 0 radical (unpaired) electrons. The van der Waals surface area contributed by atoms with E-state index in [1.165, 1.54) is 24.3 Å². The molecule has 4 atom stereocenters. The highest BCUT2D eigenvalue weighted by Gasteiger charge is 2.30. The largest absolute Gasteiger partial charge is 0.480 e. The minimum atomic E-state index is -1.37. The van der Waals surface area contributed by atoms with Crippen LogP contribution in [0.2, 0.25) is 0 Å². The number of aromatic amines is 1. The fraction of sp³-hybridized carbons (Fsp3) is 0.600. The SMILES string of the molecule is CSCCC(NC(=O)C(CO)NC(=O)C(N)CCCN=C(N)N)C(=O)NC(Cc1cnc[nH]1)C(=O)O. The average molecular weight is 530 g/mol. The van der Waals surface area contributed by atoms with E-state index in [2.05, 4.69) is 30.9 Å². The second-order valence-corrected chi connectivity index (χ2v) is 8.81. The number of carboxylic acids is 1. The summed E-state index contributed by atoms with van der Waals surface area (Å²) in [5.74, 6) is -3.08. The quantitative estimate of drug-likeness (QED) is 0.0545. The van der Waals surface area contributed by atoms with Gasteiger partial charge in [-0.2, -0.15) is 11.8 Å². The predicted octanol–water partition coefficient (Wildman–Crippen LogP) is -3.38. The number of nitrogens with one attached hydrogen (secondary N) is 4.